The van der Waals surface area contributed by atoms with Crippen molar-refractivity contribution in [3.8, 4) is 28.5 Å². The number of nitrogens with zero attached hydrogens (tertiary/aromatic N) is 2. The first-order valence-electron chi connectivity index (χ1n) is 13.1. The molecule has 1 atom stereocenters. The van der Waals surface area contributed by atoms with Crippen LogP contribution in [0.2, 0.25) is 5.02 Å². The molecular weight excluding hydrogens is 514 g/mol. The van der Waals surface area contributed by atoms with E-state index in [0.717, 1.165) is 46.5 Å². The van der Waals surface area contributed by atoms with E-state index in [-0.39, 0.29) is 11.9 Å². The maximum Gasteiger partial charge on any atom is 0.273 e. The lowest BCUT2D eigenvalue weighted by Gasteiger charge is -2.27. The van der Waals surface area contributed by atoms with Gasteiger partial charge in [-0.2, -0.15) is 5.10 Å². The highest BCUT2D eigenvalue weighted by atomic mass is 35.5. The van der Waals surface area contributed by atoms with Gasteiger partial charge in [-0.3, -0.25) is 9.89 Å². The fourth-order valence-electron chi connectivity index (χ4n) is 4.94. The number of carbonyl (C=O) groups is 1. The summed E-state index contributed by atoms with van der Waals surface area (Å²) in [4.78, 5) is 15.7. The van der Waals surface area contributed by atoms with Gasteiger partial charge in [0.25, 0.3) is 5.91 Å². The summed E-state index contributed by atoms with van der Waals surface area (Å²) in [7, 11) is 3.28. The van der Waals surface area contributed by atoms with Crippen molar-refractivity contribution < 1.29 is 19.0 Å². The van der Waals surface area contributed by atoms with Crippen LogP contribution in [-0.4, -0.2) is 48.4 Å². The van der Waals surface area contributed by atoms with Crippen LogP contribution in [0.15, 0.2) is 66.7 Å². The molecule has 1 unspecified atom stereocenters. The average molecular weight is 546 g/mol. The number of hydrogen-bond donors (Lipinski definition) is 1. The number of aromatic nitrogens is 2. The van der Waals surface area contributed by atoms with Gasteiger partial charge in [-0.15, -0.1) is 0 Å². The molecule has 3 aromatic carbocycles. The first-order valence-corrected chi connectivity index (χ1v) is 13.5. The van der Waals surface area contributed by atoms with Crippen LogP contribution in [0, 0.1) is 0 Å². The van der Waals surface area contributed by atoms with Crippen LogP contribution in [0.25, 0.3) is 11.3 Å². The Bertz CT molecular complexity index is 1430. The van der Waals surface area contributed by atoms with Crippen LogP contribution in [0.5, 0.6) is 17.2 Å². The Morgan fingerprint density at radius 3 is 2.44 bits per heavy atom. The van der Waals surface area contributed by atoms with E-state index in [4.69, 9.17) is 25.8 Å². The number of methoxy groups -OCH3 is 2. The minimum absolute atomic E-state index is 0.0848. The molecule has 1 amide bonds. The van der Waals surface area contributed by atoms with Crippen molar-refractivity contribution in [3.63, 3.8) is 0 Å². The summed E-state index contributed by atoms with van der Waals surface area (Å²) in [6, 6.07) is 21.0. The number of rotatable bonds is 11. The molecule has 7 nitrogen and oxygen atoms in total. The van der Waals surface area contributed by atoms with Gasteiger partial charge in [-0.25, -0.2) is 0 Å². The zero-order valence-electron chi connectivity index (χ0n) is 22.4. The molecule has 202 valence electrons. The number of ether oxygens (including phenoxy) is 3. The van der Waals surface area contributed by atoms with Gasteiger partial charge in [-0.1, -0.05) is 55.3 Å². The topological polar surface area (TPSA) is 76.7 Å². The van der Waals surface area contributed by atoms with Crippen molar-refractivity contribution in [2.45, 2.75) is 32.2 Å². The minimum atomic E-state index is -0.353. The highest BCUT2D eigenvalue weighted by molar-refractivity contribution is 6.30. The van der Waals surface area contributed by atoms with Gasteiger partial charge in [-0.05, 0) is 60.4 Å². The van der Waals surface area contributed by atoms with Crippen LogP contribution >= 0.6 is 11.6 Å². The van der Waals surface area contributed by atoms with Gasteiger partial charge in [0.15, 0.2) is 11.5 Å². The van der Waals surface area contributed by atoms with E-state index in [1.807, 2.05) is 71.6 Å². The summed E-state index contributed by atoms with van der Waals surface area (Å²) in [6.45, 7) is 3.27. The molecule has 0 saturated carbocycles. The molecule has 1 N–H and O–H groups in total. The highest BCUT2D eigenvalue weighted by Crippen LogP contribution is 2.44. The minimum Gasteiger partial charge on any atom is -0.497 e. The van der Waals surface area contributed by atoms with E-state index in [1.165, 1.54) is 0 Å². The fraction of sp³-hybridized carbons (Fsp3) is 0.290. The number of amides is 1. The summed E-state index contributed by atoms with van der Waals surface area (Å²) in [5, 5.41) is 8.22. The molecule has 4 aromatic rings. The van der Waals surface area contributed by atoms with Gasteiger partial charge >= 0.3 is 0 Å². The Hall–Kier alpha value is -3.97. The first kappa shape index (κ1) is 26.6. The molecule has 0 saturated heterocycles. The largest absolute Gasteiger partial charge is 0.497 e. The zero-order chi connectivity index (χ0) is 27.4. The second-order valence-electron chi connectivity index (χ2n) is 9.48. The quantitative estimate of drug-likeness (QED) is 0.212. The summed E-state index contributed by atoms with van der Waals surface area (Å²) in [5.74, 6) is 2.04. The van der Waals surface area contributed by atoms with Crippen LogP contribution in [-0.2, 0) is 6.42 Å². The predicted octanol–water partition coefficient (Wildman–Crippen LogP) is 6.71. The number of benzene rings is 3. The number of carbonyl (C=O) groups excluding carboxylic acids is 1. The summed E-state index contributed by atoms with van der Waals surface area (Å²) >= 11 is 6.15. The number of nitrogens with one attached hydrogen (secondary N) is 1. The molecule has 1 aliphatic heterocycles. The highest BCUT2D eigenvalue weighted by Gasteiger charge is 2.42. The van der Waals surface area contributed by atoms with Crippen LogP contribution in [0.4, 0.5) is 0 Å². The molecule has 8 heteroatoms. The van der Waals surface area contributed by atoms with Gasteiger partial charge in [0.05, 0.1) is 32.6 Å². The van der Waals surface area contributed by atoms with E-state index in [1.54, 1.807) is 14.2 Å². The zero-order valence-corrected chi connectivity index (χ0v) is 23.1. The number of halogens is 1. The van der Waals surface area contributed by atoms with Gasteiger partial charge < -0.3 is 19.1 Å². The van der Waals surface area contributed by atoms with Gasteiger partial charge in [0.1, 0.15) is 11.4 Å². The Kier molecular flexibility index (Phi) is 8.07. The molecule has 2 heterocycles. The van der Waals surface area contributed by atoms with Crippen molar-refractivity contribution in [3.05, 3.63) is 94.1 Å². The third-order valence-corrected chi connectivity index (χ3v) is 7.29. The maximum atomic E-state index is 13.8. The fourth-order valence-corrected chi connectivity index (χ4v) is 5.07. The Morgan fingerprint density at radius 1 is 0.974 bits per heavy atom. The normalized spacial score (nSPS) is 14.4. The number of unbranched alkanes of at least 4 members (excludes halogenated alkanes) is 1. The molecule has 0 bridgehead atoms. The Labute approximate surface area is 233 Å². The smallest absolute Gasteiger partial charge is 0.273 e. The Balaban J connectivity index is 1.53. The van der Waals surface area contributed by atoms with Crippen LogP contribution in [0.1, 0.15) is 53.0 Å². The monoisotopic (exact) mass is 545 g/mol. The molecular formula is C31H32ClN3O4. The summed E-state index contributed by atoms with van der Waals surface area (Å²) in [6.07, 6.45) is 2.70. The SMILES string of the molecule is CCCCOc1ccc(C2c3c(-c4ccc(Cl)cc4)n[nH]c3C(=O)N2CCc2ccc(OC)cc2)cc1OC. The maximum absolute atomic E-state index is 13.8. The molecule has 5 rings (SSSR count). The third-order valence-electron chi connectivity index (χ3n) is 7.04. The number of H-pyrrole nitrogens is 1. The number of hydrogen-bond acceptors (Lipinski definition) is 5. The van der Waals surface area contributed by atoms with E-state index < -0.39 is 0 Å². The molecule has 0 fully saturated rings. The lowest BCUT2D eigenvalue weighted by atomic mass is 9.95. The van der Waals surface area contributed by atoms with E-state index in [2.05, 4.69) is 17.1 Å². The van der Waals surface area contributed by atoms with E-state index in [9.17, 15) is 4.79 Å². The van der Waals surface area contributed by atoms with E-state index >= 15 is 0 Å². The van der Waals surface area contributed by atoms with E-state index in [0.29, 0.717) is 41.8 Å². The third kappa shape index (κ3) is 5.45. The molecule has 0 spiro atoms. The molecule has 0 radical (unpaired) electrons. The first-order chi connectivity index (χ1) is 19.0. The lowest BCUT2D eigenvalue weighted by Crippen LogP contribution is -2.31. The summed E-state index contributed by atoms with van der Waals surface area (Å²) in [5.41, 5.74) is 5.01. The lowest BCUT2D eigenvalue weighted by molar-refractivity contribution is 0.0745. The average Bonchev–Trinajstić information content (AvgIpc) is 3.51. The summed E-state index contributed by atoms with van der Waals surface area (Å²) < 4.78 is 17.0. The van der Waals surface area contributed by atoms with Crippen molar-refractivity contribution in [2.75, 3.05) is 27.4 Å². The standard InChI is InChI=1S/C31H32ClN3O4/c1-4-5-18-39-25-15-10-22(19-26(25)38-3)30-27-28(21-8-11-23(32)12-9-21)33-34-29(27)31(36)35(30)17-16-20-6-13-24(37-2)14-7-20/h6-15,19,30H,4-5,16-18H2,1-3H3,(H,33,34). The second kappa shape index (κ2) is 11.8. The number of aromatic amines is 1. The molecule has 39 heavy (non-hydrogen) atoms. The van der Waals surface area contributed by atoms with Crippen LogP contribution < -0.4 is 14.2 Å². The van der Waals surface area contributed by atoms with Crippen molar-refractivity contribution in [1.82, 2.24) is 15.1 Å². The van der Waals surface area contributed by atoms with Crippen molar-refractivity contribution in [1.29, 1.82) is 0 Å². The molecule has 0 aliphatic carbocycles. The van der Waals surface area contributed by atoms with Crippen molar-refractivity contribution >= 4 is 17.5 Å². The van der Waals surface area contributed by atoms with Gasteiger partial charge in [0, 0.05) is 22.7 Å². The molecule has 1 aromatic heterocycles. The predicted molar refractivity (Wildman–Crippen MR) is 152 cm³/mol. The second-order valence-corrected chi connectivity index (χ2v) is 9.92. The molecule has 1 aliphatic rings. The Morgan fingerprint density at radius 2 is 1.74 bits per heavy atom. The van der Waals surface area contributed by atoms with Gasteiger partial charge in [0.2, 0.25) is 0 Å². The van der Waals surface area contributed by atoms with Crippen molar-refractivity contribution in [2.24, 2.45) is 0 Å². The number of fused-ring (bicyclic) bond motifs is 1. The van der Waals surface area contributed by atoms with Crippen LogP contribution in [0.3, 0.4) is 0 Å².